The van der Waals surface area contributed by atoms with Crippen molar-refractivity contribution in [2.75, 3.05) is 17.6 Å². The van der Waals surface area contributed by atoms with Crippen molar-refractivity contribution in [3.05, 3.63) is 18.3 Å². The van der Waals surface area contributed by atoms with E-state index in [-0.39, 0.29) is 0 Å². The number of nitrogens with zero attached hydrogens (tertiary/aromatic N) is 1. The maximum Gasteiger partial charge on any atom is 0.123 e. The largest absolute Gasteiger partial charge is 0.388 e. The second kappa shape index (κ2) is 4.98. The van der Waals surface area contributed by atoms with Gasteiger partial charge in [-0.25, -0.2) is 4.98 Å². The Morgan fingerprint density at radius 3 is 2.80 bits per heavy atom. The first-order valence-electron chi connectivity index (χ1n) is 5.21. The lowest BCUT2D eigenvalue weighted by Gasteiger charge is -2.23. The Hall–Kier alpha value is -1.29. The minimum atomic E-state index is -0.670. The van der Waals surface area contributed by atoms with Gasteiger partial charge in [0.1, 0.15) is 5.82 Å². The molecule has 4 N–H and O–H groups in total. The predicted molar refractivity (Wildman–Crippen MR) is 62.7 cm³/mol. The van der Waals surface area contributed by atoms with Gasteiger partial charge in [-0.2, -0.15) is 0 Å². The van der Waals surface area contributed by atoms with E-state index in [1.54, 1.807) is 12.3 Å². The fourth-order valence-electron chi connectivity index (χ4n) is 1.43. The molecule has 84 valence electrons. The molecule has 15 heavy (non-hydrogen) atoms. The van der Waals surface area contributed by atoms with Gasteiger partial charge in [0, 0.05) is 6.54 Å². The Balaban J connectivity index is 2.46. The van der Waals surface area contributed by atoms with E-state index in [4.69, 9.17) is 5.73 Å². The van der Waals surface area contributed by atoms with Crippen molar-refractivity contribution in [3.63, 3.8) is 0 Å². The molecule has 0 spiro atoms. The molecule has 4 nitrogen and oxygen atoms in total. The Kier molecular flexibility index (Phi) is 3.91. The molecule has 4 heteroatoms. The van der Waals surface area contributed by atoms with Crippen molar-refractivity contribution in [3.8, 4) is 0 Å². The molecule has 0 radical (unpaired) electrons. The third kappa shape index (κ3) is 4.16. The van der Waals surface area contributed by atoms with Crippen LogP contribution in [0.25, 0.3) is 0 Å². The van der Waals surface area contributed by atoms with Gasteiger partial charge in [-0.1, -0.05) is 13.3 Å². The molecule has 0 aliphatic carbocycles. The summed E-state index contributed by atoms with van der Waals surface area (Å²) in [5.74, 6) is 0.501. The average molecular weight is 209 g/mol. The lowest BCUT2D eigenvalue weighted by atomic mass is 10.0. The zero-order valence-corrected chi connectivity index (χ0v) is 9.33. The van der Waals surface area contributed by atoms with Crippen molar-refractivity contribution in [1.29, 1.82) is 0 Å². The zero-order valence-electron chi connectivity index (χ0n) is 9.33. The quantitative estimate of drug-likeness (QED) is 0.689. The number of nitrogens with one attached hydrogen (secondary N) is 1. The van der Waals surface area contributed by atoms with Gasteiger partial charge in [0.2, 0.25) is 0 Å². The third-order valence-corrected chi connectivity index (χ3v) is 2.25. The summed E-state index contributed by atoms with van der Waals surface area (Å²) in [6.07, 6.45) is 3.41. The molecule has 1 aromatic heterocycles. The predicted octanol–water partition coefficient (Wildman–Crippen LogP) is 1.63. The Bertz CT molecular complexity index is 295. The van der Waals surface area contributed by atoms with Crippen LogP contribution in [0.5, 0.6) is 0 Å². The molecule has 0 aliphatic rings. The van der Waals surface area contributed by atoms with Crippen LogP contribution in [0.3, 0.4) is 0 Å². The molecule has 1 atom stereocenters. The molecule has 1 aromatic rings. The first-order chi connectivity index (χ1) is 7.03. The van der Waals surface area contributed by atoms with Crippen LogP contribution in [-0.4, -0.2) is 22.2 Å². The van der Waals surface area contributed by atoms with Crippen molar-refractivity contribution >= 4 is 11.5 Å². The molecular formula is C11H19N3O. The minimum Gasteiger partial charge on any atom is -0.388 e. The summed E-state index contributed by atoms with van der Waals surface area (Å²) in [7, 11) is 0. The molecule has 1 rings (SSSR count). The molecular weight excluding hydrogens is 190 g/mol. The number of hydrogen-bond donors (Lipinski definition) is 3. The zero-order chi connectivity index (χ0) is 11.3. The highest BCUT2D eigenvalue weighted by Gasteiger charge is 2.18. The molecule has 1 unspecified atom stereocenters. The van der Waals surface area contributed by atoms with Crippen molar-refractivity contribution < 1.29 is 5.11 Å². The highest BCUT2D eigenvalue weighted by atomic mass is 16.3. The minimum absolute atomic E-state index is 0.501. The van der Waals surface area contributed by atoms with Crippen molar-refractivity contribution in [2.45, 2.75) is 32.3 Å². The van der Waals surface area contributed by atoms with Gasteiger partial charge in [0.25, 0.3) is 0 Å². The number of aromatic nitrogens is 1. The Morgan fingerprint density at radius 2 is 2.27 bits per heavy atom. The summed E-state index contributed by atoms with van der Waals surface area (Å²) in [4.78, 5) is 3.96. The Morgan fingerprint density at radius 1 is 1.53 bits per heavy atom. The number of nitrogens with two attached hydrogens (primary N) is 1. The average Bonchev–Trinajstić information content (AvgIpc) is 2.17. The molecule has 0 bridgehead atoms. The number of hydrogen-bond acceptors (Lipinski definition) is 4. The lowest BCUT2D eigenvalue weighted by Crippen LogP contribution is -2.33. The van der Waals surface area contributed by atoms with Gasteiger partial charge in [-0.05, 0) is 25.5 Å². The van der Waals surface area contributed by atoms with Crippen molar-refractivity contribution in [2.24, 2.45) is 0 Å². The van der Waals surface area contributed by atoms with E-state index in [1.165, 1.54) is 0 Å². The van der Waals surface area contributed by atoms with Crippen LogP contribution in [0.15, 0.2) is 18.3 Å². The first kappa shape index (κ1) is 11.8. The molecule has 0 aliphatic heterocycles. The van der Waals surface area contributed by atoms with Crippen LogP contribution in [-0.2, 0) is 0 Å². The molecule has 0 saturated carbocycles. The standard InChI is InChI=1S/C11H19N3O/c1-3-6-11(2,15)8-14-9-4-5-10(12)13-7-9/h4-5,7,14-15H,3,6,8H2,1-2H3,(H2,12,13). The summed E-state index contributed by atoms with van der Waals surface area (Å²) in [5, 5.41) is 13.1. The lowest BCUT2D eigenvalue weighted by molar-refractivity contribution is 0.0637. The number of anilines is 2. The van der Waals surface area contributed by atoms with E-state index >= 15 is 0 Å². The number of rotatable bonds is 5. The monoisotopic (exact) mass is 209 g/mol. The summed E-state index contributed by atoms with van der Waals surface area (Å²) < 4.78 is 0. The van der Waals surface area contributed by atoms with Gasteiger partial charge >= 0.3 is 0 Å². The van der Waals surface area contributed by atoms with Crippen LogP contribution < -0.4 is 11.1 Å². The van der Waals surface area contributed by atoms with E-state index in [1.807, 2.05) is 13.0 Å². The summed E-state index contributed by atoms with van der Waals surface area (Å²) >= 11 is 0. The van der Waals surface area contributed by atoms with Gasteiger partial charge in [-0.15, -0.1) is 0 Å². The number of pyridine rings is 1. The molecule has 1 heterocycles. The van der Waals surface area contributed by atoms with E-state index in [0.717, 1.165) is 18.5 Å². The fraction of sp³-hybridized carbons (Fsp3) is 0.545. The molecule has 0 amide bonds. The van der Waals surface area contributed by atoms with Crippen LogP contribution >= 0.6 is 0 Å². The summed E-state index contributed by atoms with van der Waals surface area (Å²) in [6, 6.07) is 3.58. The highest BCUT2D eigenvalue weighted by Crippen LogP contribution is 2.14. The summed E-state index contributed by atoms with van der Waals surface area (Å²) in [6.45, 7) is 4.40. The fourth-order valence-corrected chi connectivity index (χ4v) is 1.43. The molecule has 0 saturated heterocycles. The second-order valence-electron chi connectivity index (χ2n) is 4.07. The first-order valence-corrected chi connectivity index (χ1v) is 5.21. The van der Waals surface area contributed by atoms with Gasteiger partial charge in [0.15, 0.2) is 0 Å². The van der Waals surface area contributed by atoms with Crippen LogP contribution in [0.1, 0.15) is 26.7 Å². The highest BCUT2D eigenvalue weighted by molar-refractivity contribution is 5.45. The van der Waals surface area contributed by atoms with Crippen LogP contribution in [0.2, 0.25) is 0 Å². The smallest absolute Gasteiger partial charge is 0.123 e. The number of aliphatic hydroxyl groups is 1. The van der Waals surface area contributed by atoms with Crippen molar-refractivity contribution in [1.82, 2.24) is 4.98 Å². The van der Waals surface area contributed by atoms with E-state index < -0.39 is 5.60 Å². The van der Waals surface area contributed by atoms with Gasteiger partial charge < -0.3 is 16.2 Å². The van der Waals surface area contributed by atoms with E-state index in [9.17, 15) is 5.11 Å². The maximum absolute atomic E-state index is 9.92. The Labute approximate surface area is 90.5 Å². The summed E-state index contributed by atoms with van der Waals surface area (Å²) in [5.41, 5.74) is 5.67. The molecule has 0 fully saturated rings. The second-order valence-corrected chi connectivity index (χ2v) is 4.07. The van der Waals surface area contributed by atoms with Gasteiger partial charge in [0.05, 0.1) is 17.5 Å². The normalized spacial score (nSPS) is 14.6. The third-order valence-electron chi connectivity index (χ3n) is 2.25. The SMILES string of the molecule is CCCC(C)(O)CNc1ccc(N)nc1. The maximum atomic E-state index is 9.92. The van der Waals surface area contributed by atoms with E-state index in [0.29, 0.717) is 12.4 Å². The van der Waals surface area contributed by atoms with Gasteiger partial charge in [-0.3, -0.25) is 0 Å². The van der Waals surface area contributed by atoms with Crippen LogP contribution in [0, 0.1) is 0 Å². The van der Waals surface area contributed by atoms with Crippen LogP contribution in [0.4, 0.5) is 11.5 Å². The molecule has 0 aromatic carbocycles. The topological polar surface area (TPSA) is 71.2 Å². The van der Waals surface area contributed by atoms with E-state index in [2.05, 4.69) is 17.2 Å². The number of nitrogen functional groups attached to an aromatic ring is 1.